The van der Waals surface area contributed by atoms with Crippen LogP contribution in [0.1, 0.15) is 234 Å². The van der Waals surface area contributed by atoms with E-state index in [0.29, 0.717) is 65.0 Å². The van der Waals surface area contributed by atoms with E-state index in [1.165, 1.54) is 32.7 Å². The van der Waals surface area contributed by atoms with Crippen molar-refractivity contribution in [2.45, 2.75) is 181 Å². The van der Waals surface area contributed by atoms with Crippen molar-refractivity contribution in [3.63, 3.8) is 0 Å². The van der Waals surface area contributed by atoms with Crippen molar-refractivity contribution in [3.8, 4) is 34.5 Å². The zero-order valence-corrected chi connectivity index (χ0v) is 70.3. The number of nitrogens with one attached hydrogen (secondary N) is 2. The average molecular weight is 1540 g/mol. The lowest BCUT2D eigenvalue weighted by molar-refractivity contribution is 0.243. The van der Waals surface area contributed by atoms with Gasteiger partial charge in [-0.05, 0) is 180 Å². The largest absolute Gasteiger partial charge is 0.507 e. The lowest BCUT2D eigenvalue weighted by atomic mass is 9.79. The molecule has 8 heteroatoms. The molecule has 14 aromatic carbocycles. The molecule has 0 heterocycles. The van der Waals surface area contributed by atoms with Crippen LogP contribution in [0.15, 0.2) is 267 Å². The van der Waals surface area contributed by atoms with Crippen LogP contribution in [0, 0.1) is 0 Å². The topological polar surface area (TPSA) is 101 Å². The summed E-state index contributed by atoms with van der Waals surface area (Å²) in [6.07, 6.45) is 2.69. The molecule has 8 bridgehead atoms. The normalized spacial score (nSPS) is 13.8. The van der Waals surface area contributed by atoms with Gasteiger partial charge < -0.3 is 29.2 Å². The van der Waals surface area contributed by atoms with Crippen molar-refractivity contribution in [2.75, 3.05) is 26.4 Å². The predicted molar refractivity (Wildman–Crippen MR) is 482 cm³/mol. The summed E-state index contributed by atoms with van der Waals surface area (Å²) in [6, 6.07) is 95.4. The minimum absolute atomic E-state index is 0.0203. The van der Waals surface area contributed by atoms with E-state index in [9.17, 15) is 10.2 Å². The van der Waals surface area contributed by atoms with Crippen LogP contribution in [0.3, 0.4) is 0 Å². The number of ether oxygens (including phenoxy) is 4. The Morgan fingerprint density at radius 1 is 0.293 bits per heavy atom. The monoisotopic (exact) mass is 1530 g/mol. The fourth-order valence-electron chi connectivity index (χ4n) is 17.2. The summed E-state index contributed by atoms with van der Waals surface area (Å²) >= 11 is 0. The summed E-state index contributed by atoms with van der Waals surface area (Å²) in [7, 11) is 0. The molecule has 14 aromatic rings. The van der Waals surface area contributed by atoms with E-state index in [2.05, 4.69) is 374 Å². The van der Waals surface area contributed by atoms with Gasteiger partial charge in [-0.3, -0.25) is 10.6 Å². The van der Waals surface area contributed by atoms with Crippen LogP contribution in [-0.4, -0.2) is 36.6 Å². The fraction of sp³-hybridized carbons (Fsp3) is 0.296. The molecule has 1 aliphatic carbocycles. The number of hydrogen-bond acceptors (Lipinski definition) is 8. The lowest BCUT2D eigenvalue weighted by Gasteiger charge is -2.28. The zero-order valence-electron chi connectivity index (χ0n) is 70.3. The molecule has 116 heavy (non-hydrogen) atoms. The van der Waals surface area contributed by atoms with Crippen LogP contribution in [0.25, 0.3) is 43.1 Å². The Hall–Kier alpha value is -11.2. The van der Waals surface area contributed by atoms with Crippen molar-refractivity contribution in [1.29, 1.82) is 0 Å². The zero-order chi connectivity index (χ0) is 81.2. The maximum atomic E-state index is 13.3. The second-order valence-electron chi connectivity index (χ2n) is 36.3. The predicted octanol–water partition coefficient (Wildman–Crippen LogP) is 26.2. The molecule has 0 saturated heterocycles. The third-order valence-electron chi connectivity index (χ3n) is 23.7. The molecule has 0 unspecified atom stereocenters. The van der Waals surface area contributed by atoms with Crippen molar-refractivity contribution in [1.82, 2.24) is 10.6 Å². The van der Waals surface area contributed by atoms with Crippen molar-refractivity contribution in [3.05, 3.63) is 367 Å². The van der Waals surface area contributed by atoms with Gasteiger partial charge in [-0.25, -0.2) is 0 Å². The summed E-state index contributed by atoms with van der Waals surface area (Å²) < 4.78 is 29.0. The Morgan fingerprint density at radius 2 is 0.560 bits per heavy atom. The molecule has 0 aromatic heterocycles. The molecule has 8 nitrogen and oxygen atoms in total. The molecule has 0 fully saturated rings. The van der Waals surface area contributed by atoms with Gasteiger partial charge in [0.25, 0.3) is 0 Å². The van der Waals surface area contributed by atoms with E-state index in [-0.39, 0.29) is 57.3 Å². The Balaban J connectivity index is 0.771. The van der Waals surface area contributed by atoms with Gasteiger partial charge in [-0.2, -0.15) is 0 Å². The number of fused-ring (bicyclic) bond motifs is 12. The minimum atomic E-state index is -0.285. The summed E-state index contributed by atoms with van der Waals surface area (Å²) in [5.41, 5.74) is 17.5. The third-order valence-corrected chi connectivity index (χ3v) is 23.7. The van der Waals surface area contributed by atoms with Crippen LogP contribution in [-0.2, 0) is 47.3 Å². The van der Waals surface area contributed by atoms with Gasteiger partial charge in [-0.15, -0.1) is 0 Å². The number of aromatic hydroxyl groups is 2. The summed E-state index contributed by atoms with van der Waals surface area (Å²) in [4.78, 5) is 0. The standard InChI is InChI=1S/C108H114N2O6/c1-69(89-47-29-41-71-33-21-25-43-91(71)89)109-99(75-37-17-15-18-38-75)97-93-45-27-23-35-73(93)49-51-95(97)113-53-31-55-115-103-81-57-77-61-85(105(3,4)5)63-79(101(77)111)59-83-67-88(108(12,13)14)68-84(60-80-64-86(106(6,7)8)62-78(102(80)112)58-82(103)66-87(65-81)107(9,10)11)104(83)116-56-32-54-114-96-52-50-74-36-24-28-46-94(74)98(96)100(76-39-19-16-20-40-76)110-70(2)90-48-30-42-72-34-22-26-44-92(72)90/h15-30,33-52,61-70,99-100,109-112H,31-32,53-60H2,1-14H3/t69-,70-,99-,100-/m1/s1. The summed E-state index contributed by atoms with van der Waals surface area (Å²) in [5.74, 6) is 3.66. The first-order valence-electron chi connectivity index (χ1n) is 41.8. The SMILES string of the molecule is C[C@@H](N[C@H](c1ccccc1)c1c(OCCCOc2c3cc(C(C)(C)C)cc2Cc2cc(C(C)(C)C)cc(c2O)Cc2cc(C(C)(C)C)cc(c2OCCCOc2ccc4ccccc4c2[C@H](N[C@H](C)c2cccc4ccccc24)c2ccccc2)Cc2cc(C(C)(C)C)cc(c2O)C3)ccc2ccccc12)c1cccc2ccccc12. The van der Waals surface area contributed by atoms with Gasteiger partial charge in [0.15, 0.2) is 0 Å². The Bertz CT molecular complexity index is 5410. The Labute approximate surface area is 687 Å². The average Bonchev–Trinajstić information content (AvgIpc) is 0.768. The van der Waals surface area contributed by atoms with Crippen LogP contribution >= 0.6 is 0 Å². The van der Waals surface area contributed by atoms with Crippen LogP contribution in [0.5, 0.6) is 34.5 Å². The van der Waals surface area contributed by atoms with E-state index in [1.54, 1.807) is 0 Å². The van der Waals surface area contributed by atoms with E-state index < -0.39 is 0 Å². The van der Waals surface area contributed by atoms with E-state index in [1.807, 2.05) is 0 Å². The lowest BCUT2D eigenvalue weighted by Crippen LogP contribution is -2.26. The van der Waals surface area contributed by atoms with E-state index in [4.69, 9.17) is 18.9 Å². The Morgan fingerprint density at radius 3 is 0.879 bits per heavy atom. The first kappa shape index (κ1) is 80.0. The second-order valence-corrected chi connectivity index (χ2v) is 36.3. The molecule has 0 aliphatic heterocycles. The van der Waals surface area contributed by atoms with E-state index >= 15 is 0 Å². The highest BCUT2D eigenvalue weighted by atomic mass is 16.5. The smallest absolute Gasteiger partial charge is 0.126 e. The molecule has 0 saturated carbocycles. The molecule has 592 valence electrons. The van der Waals surface area contributed by atoms with Gasteiger partial charge in [0.05, 0.1) is 38.5 Å². The summed E-state index contributed by atoms with van der Waals surface area (Å²) in [6.45, 7) is 33.1. The third kappa shape index (κ3) is 17.5. The first-order chi connectivity index (χ1) is 55.7. The maximum Gasteiger partial charge on any atom is 0.126 e. The molecule has 15 rings (SSSR count). The van der Waals surface area contributed by atoms with E-state index in [0.717, 1.165) is 134 Å². The van der Waals surface area contributed by atoms with Crippen LogP contribution in [0.2, 0.25) is 0 Å². The van der Waals surface area contributed by atoms with Gasteiger partial charge in [0.1, 0.15) is 34.5 Å². The molecule has 0 spiro atoms. The second kappa shape index (κ2) is 33.6. The van der Waals surface area contributed by atoms with Crippen molar-refractivity contribution >= 4 is 43.1 Å². The minimum Gasteiger partial charge on any atom is -0.507 e. The van der Waals surface area contributed by atoms with Gasteiger partial charge in [-0.1, -0.05) is 338 Å². The van der Waals surface area contributed by atoms with Crippen molar-refractivity contribution < 1.29 is 29.2 Å². The molecular weight excluding hydrogens is 1420 g/mol. The number of hydrogen-bond donors (Lipinski definition) is 4. The molecule has 4 N–H and O–H groups in total. The fourth-order valence-corrected chi connectivity index (χ4v) is 17.2. The number of rotatable bonds is 22. The Kier molecular flexibility index (Phi) is 23.2. The molecular formula is C108H114N2O6. The highest BCUT2D eigenvalue weighted by Crippen LogP contribution is 2.47. The quantitative estimate of drug-likeness (QED) is 0.0498. The maximum absolute atomic E-state index is 13.3. The van der Waals surface area contributed by atoms with Crippen molar-refractivity contribution in [2.24, 2.45) is 0 Å². The molecule has 0 amide bonds. The van der Waals surface area contributed by atoms with Gasteiger partial charge in [0.2, 0.25) is 0 Å². The number of phenols is 2. The van der Waals surface area contributed by atoms with Gasteiger partial charge in [0, 0.05) is 61.7 Å². The highest BCUT2D eigenvalue weighted by molar-refractivity contribution is 5.91. The molecule has 4 atom stereocenters. The number of phenolic OH excluding ortho intramolecular Hbond substituents is 2. The first-order valence-corrected chi connectivity index (χ1v) is 41.8. The highest BCUT2D eigenvalue weighted by Gasteiger charge is 2.32. The summed E-state index contributed by atoms with van der Waals surface area (Å²) in [5, 5.41) is 44.4. The number of benzene rings is 14. The van der Waals surface area contributed by atoms with Crippen LogP contribution in [0.4, 0.5) is 0 Å². The van der Waals surface area contributed by atoms with Gasteiger partial charge >= 0.3 is 0 Å². The molecule has 1 aliphatic rings. The van der Waals surface area contributed by atoms with Crippen LogP contribution < -0.4 is 29.6 Å². The molecule has 0 radical (unpaired) electrons.